The van der Waals surface area contributed by atoms with Crippen LogP contribution in [0, 0.1) is 17.5 Å². The summed E-state index contributed by atoms with van der Waals surface area (Å²) in [6, 6.07) is 8.26. The second-order valence-corrected chi connectivity index (χ2v) is 8.17. The van der Waals surface area contributed by atoms with Gasteiger partial charge in [0.25, 0.3) is 5.91 Å². The van der Waals surface area contributed by atoms with Crippen molar-refractivity contribution in [1.82, 2.24) is 20.4 Å². The van der Waals surface area contributed by atoms with Crippen LogP contribution in [-0.4, -0.2) is 33.6 Å². The van der Waals surface area contributed by atoms with E-state index < -0.39 is 17.5 Å². The Morgan fingerprint density at radius 1 is 1.06 bits per heavy atom. The predicted molar refractivity (Wildman–Crippen MR) is 112 cm³/mol. The number of hydrogen-bond donors (Lipinski definition) is 2. The number of carbonyl (C=O) groups is 2. The Hall–Kier alpha value is -3.47. The number of nitrogens with one attached hydrogen (secondary N) is 2. The second-order valence-electron chi connectivity index (χ2n) is 7.17. The van der Waals surface area contributed by atoms with Crippen LogP contribution in [0.3, 0.4) is 0 Å². The third kappa shape index (κ3) is 4.88. The summed E-state index contributed by atoms with van der Waals surface area (Å²) in [6.07, 6.45) is 1.44. The lowest BCUT2D eigenvalue weighted by Crippen LogP contribution is -2.39. The lowest BCUT2D eigenvalue weighted by molar-refractivity contribution is 0.102. The number of aromatic nitrogens is 2. The fourth-order valence-corrected chi connectivity index (χ4v) is 4.25. The largest absolute Gasteiger partial charge is 0.334 e. The van der Waals surface area contributed by atoms with Crippen molar-refractivity contribution in [3.63, 3.8) is 0 Å². The fourth-order valence-electron chi connectivity index (χ4n) is 3.37. The van der Waals surface area contributed by atoms with E-state index in [2.05, 4.69) is 20.8 Å². The van der Waals surface area contributed by atoms with Gasteiger partial charge in [-0.15, -0.1) is 10.2 Å². The lowest BCUT2D eigenvalue weighted by atomic mass is 10.2. The molecule has 11 heteroatoms. The van der Waals surface area contributed by atoms with Gasteiger partial charge < -0.3 is 15.5 Å². The van der Waals surface area contributed by atoms with Gasteiger partial charge in [-0.2, -0.15) is 0 Å². The number of amides is 3. The molecule has 166 valence electrons. The molecule has 2 aromatic carbocycles. The van der Waals surface area contributed by atoms with E-state index >= 15 is 0 Å². The van der Waals surface area contributed by atoms with Crippen LogP contribution in [0.25, 0.3) is 0 Å². The van der Waals surface area contributed by atoms with E-state index in [1.165, 1.54) is 18.2 Å². The zero-order valence-electron chi connectivity index (χ0n) is 16.6. The number of anilines is 1. The predicted octanol–water partition coefficient (Wildman–Crippen LogP) is 4.25. The Morgan fingerprint density at radius 2 is 1.84 bits per heavy atom. The zero-order valence-corrected chi connectivity index (χ0v) is 17.5. The molecule has 0 unspecified atom stereocenters. The third-order valence-corrected chi connectivity index (χ3v) is 5.99. The minimum absolute atomic E-state index is 0.0447. The maximum atomic E-state index is 13.3. The summed E-state index contributed by atoms with van der Waals surface area (Å²) in [5.74, 6) is -3.04. The van der Waals surface area contributed by atoms with Gasteiger partial charge in [0.1, 0.15) is 10.8 Å². The highest BCUT2D eigenvalue weighted by Gasteiger charge is 2.33. The Kier molecular flexibility index (Phi) is 6.35. The van der Waals surface area contributed by atoms with Crippen molar-refractivity contribution >= 4 is 29.0 Å². The van der Waals surface area contributed by atoms with Crippen molar-refractivity contribution < 1.29 is 22.8 Å². The average Bonchev–Trinajstić information content (AvgIpc) is 3.45. The van der Waals surface area contributed by atoms with Crippen LogP contribution in [0.15, 0.2) is 42.5 Å². The standard InChI is InChI=1S/C21H18F3N5O2S/c22-13-5-3-12(4-6-13)11-25-21(31)29-9-1-2-17(29)19-27-28-20(32-19)18(30)26-14-7-8-15(23)16(24)10-14/h3-8,10,17H,1-2,9,11H2,(H,25,31)(H,26,30)/t17-/m0/s1. The smallest absolute Gasteiger partial charge is 0.318 e. The van der Waals surface area contributed by atoms with Crippen LogP contribution in [0.1, 0.15) is 39.3 Å². The van der Waals surface area contributed by atoms with Crippen LogP contribution < -0.4 is 10.6 Å². The maximum Gasteiger partial charge on any atom is 0.318 e. The van der Waals surface area contributed by atoms with Crippen molar-refractivity contribution in [3.05, 3.63) is 75.5 Å². The van der Waals surface area contributed by atoms with Crippen LogP contribution in [0.5, 0.6) is 0 Å². The van der Waals surface area contributed by atoms with Crippen LogP contribution in [0.4, 0.5) is 23.7 Å². The SMILES string of the molecule is O=C(Nc1ccc(F)c(F)c1)c1nnc([C@@H]2CCCN2C(=O)NCc2ccc(F)cc2)s1. The van der Waals surface area contributed by atoms with E-state index in [9.17, 15) is 22.8 Å². The van der Waals surface area contributed by atoms with E-state index in [0.717, 1.165) is 35.5 Å². The molecule has 0 spiro atoms. The highest BCUT2D eigenvalue weighted by atomic mass is 32.1. The monoisotopic (exact) mass is 461 g/mol. The Balaban J connectivity index is 1.39. The van der Waals surface area contributed by atoms with Crippen molar-refractivity contribution in [3.8, 4) is 0 Å². The first-order valence-corrected chi connectivity index (χ1v) is 10.6. The average molecular weight is 461 g/mol. The number of likely N-dealkylation sites (tertiary alicyclic amines) is 1. The van der Waals surface area contributed by atoms with Gasteiger partial charge in [0.15, 0.2) is 11.6 Å². The molecule has 0 saturated carbocycles. The number of halogens is 3. The lowest BCUT2D eigenvalue weighted by Gasteiger charge is -2.23. The van der Waals surface area contributed by atoms with Crippen molar-refractivity contribution in [2.24, 2.45) is 0 Å². The van der Waals surface area contributed by atoms with E-state index in [0.29, 0.717) is 18.0 Å². The van der Waals surface area contributed by atoms with Crippen LogP contribution in [0.2, 0.25) is 0 Å². The molecule has 7 nitrogen and oxygen atoms in total. The van der Waals surface area contributed by atoms with E-state index in [1.54, 1.807) is 17.0 Å². The Labute approximate surface area is 185 Å². The normalized spacial score (nSPS) is 15.6. The van der Waals surface area contributed by atoms with Gasteiger partial charge in [0.05, 0.1) is 6.04 Å². The summed E-state index contributed by atoms with van der Waals surface area (Å²) in [6.45, 7) is 0.774. The number of carbonyl (C=O) groups excluding carboxylic acids is 2. The fraction of sp³-hybridized carbons (Fsp3) is 0.238. The van der Waals surface area contributed by atoms with E-state index in [1.807, 2.05) is 0 Å². The van der Waals surface area contributed by atoms with Crippen LogP contribution >= 0.6 is 11.3 Å². The topological polar surface area (TPSA) is 87.2 Å². The third-order valence-electron chi connectivity index (χ3n) is 4.97. The van der Waals surface area contributed by atoms with E-state index in [-0.39, 0.29) is 35.1 Å². The first-order chi connectivity index (χ1) is 15.4. The molecule has 2 heterocycles. The number of urea groups is 1. The molecule has 1 fully saturated rings. The quantitative estimate of drug-likeness (QED) is 0.595. The molecule has 0 radical (unpaired) electrons. The minimum atomic E-state index is -1.08. The highest BCUT2D eigenvalue weighted by Crippen LogP contribution is 2.33. The summed E-state index contributed by atoms with van der Waals surface area (Å²) >= 11 is 1.04. The zero-order chi connectivity index (χ0) is 22.7. The first-order valence-electron chi connectivity index (χ1n) is 9.79. The molecule has 32 heavy (non-hydrogen) atoms. The number of benzene rings is 2. The molecule has 3 aromatic rings. The molecular weight excluding hydrogens is 443 g/mol. The molecule has 1 atom stereocenters. The first kappa shape index (κ1) is 21.8. The van der Waals surface area contributed by atoms with E-state index in [4.69, 9.17) is 0 Å². The van der Waals surface area contributed by atoms with Gasteiger partial charge in [-0.25, -0.2) is 18.0 Å². The number of nitrogens with zero attached hydrogens (tertiary/aromatic N) is 3. The molecule has 1 aromatic heterocycles. The van der Waals surface area contributed by atoms with Gasteiger partial charge >= 0.3 is 6.03 Å². The molecule has 2 N–H and O–H groups in total. The van der Waals surface area contributed by atoms with Gasteiger partial charge in [0, 0.05) is 24.8 Å². The Bertz CT molecular complexity index is 1140. The Morgan fingerprint density at radius 3 is 2.59 bits per heavy atom. The molecular formula is C21H18F3N5O2S. The highest BCUT2D eigenvalue weighted by molar-refractivity contribution is 7.13. The summed E-state index contributed by atoms with van der Waals surface area (Å²) < 4.78 is 39.4. The molecule has 1 aliphatic rings. The molecule has 4 rings (SSSR count). The summed E-state index contributed by atoms with van der Waals surface area (Å²) in [5, 5.41) is 13.8. The van der Waals surface area contributed by atoms with Crippen molar-refractivity contribution in [2.75, 3.05) is 11.9 Å². The summed E-state index contributed by atoms with van der Waals surface area (Å²) in [5.41, 5.74) is 0.857. The molecule has 1 aliphatic heterocycles. The van der Waals surface area contributed by atoms with Gasteiger partial charge in [0.2, 0.25) is 5.01 Å². The maximum absolute atomic E-state index is 13.3. The van der Waals surface area contributed by atoms with Gasteiger partial charge in [-0.05, 0) is 42.7 Å². The summed E-state index contributed by atoms with van der Waals surface area (Å²) in [4.78, 5) is 26.7. The number of rotatable bonds is 5. The second kappa shape index (κ2) is 9.35. The summed E-state index contributed by atoms with van der Waals surface area (Å²) in [7, 11) is 0. The number of hydrogen-bond acceptors (Lipinski definition) is 5. The molecule has 0 bridgehead atoms. The van der Waals surface area contributed by atoms with Crippen molar-refractivity contribution in [1.29, 1.82) is 0 Å². The molecule has 1 saturated heterocycles. The molecule has 0 aliphatic carbocycles. The molecule has 3 amide bonds. The van der Waals surface area contributed by atoms with Gasteiger partial charge in [-0.3, -0.25) is 4.79 Å². The van der Waals surface area contributed by atoms with Crippen LogP contribution in [-0.2, 0) is 6.54 Å². The van der Waals surface area contributed by atoms with Gasteiger partial charge in [-0.1, -0.05) is 23.5 Å². The minimum Gasteiger partial charge on any atom is -0.334 e. The van der Waals surface area contributed by atoms with Crippen molar-refractivity contribution in [2.45, 2.75) is 25.4 Å².